The normalized spacial score (nSPS) is 14.1. The summed E-state index contributed by atoms with van der Waals surface area (Å²) in [6, 6.07) is 20.9. The van der Waals surface area contributed by atoms with E-state index in [-0.39, 0.29) is 11.5 Å². The van der Waals surface area contributed by atoms with Gasteiger partial charge < -0.3 is 14.2 Å². The number of fused-ring (bicyclic) bond motifs is 1. The number of carbonyl (C=O) groups excluding carboxylic acids is 1. The summed E-state index contributed by atoms with van der Waals surface area (Å²) in [5.74, 6) is 2.05. The highest BCUT2D eigenvalue weighted by Crippen LogP contribution is 2.34. The summed E-state index contributed by atoms with van der Waals surface area (Å²) in [5, 5.41) is 0. The van der Waals surface area contributed by atoms with E-state index in [2.05, 4.69) is 15.9 Å². The van der Waals surface area contributed by atoms with Crippen LogP contribution in [-0.4, -0.2) is 12.9 Å². The van der Waals surface area contributed by atoms with E-state index < -0.39 is 0 Å². The van der Waals surface area contributed by atoms with Crippen molar-refractivity contribution >= 4 is 27.8 Å². The summed E-state index contributed by atoms with van der Waals surface area (Å²) in [7, 11) is 1.63. The zero-order valence-corrected chi connectivity index (χ0v) is 17.9. The highest BCUT2D eigenvalue weighted by atomic mass is 79.9. The van der Waals surface area contributed by atoms with Crippen molar-refractivity contribution in [1.29, 1.82) is 0 Å². The Bertz CT molecular complexity index is 1130. The number of Topliss-reactive ketones (excluding diaryl/α,β-unsaturated/α-hetero) is 1. The summed E-state index contributed by atoms with van der Waals surface area (Å²) in [6.07, 6.45) is 5.32. The van der Waals surface area contributed by atoms with Gasteiger partial charge in [0.1, 0.15) is 23.9 Å². The average Bonchev–Trinajstić information content (AvgIpc) is 3.08. The van der Waals surface area contributed by atoms with Crippen molar-refractivity contribution in [3.05, 3.63) is 106 Å². The van der Waals surface area contributed by atoms with E-state index in [0.717, 1.165) is 21.3 Å². The number of halogens is 1. The fourth-order valence-corrected chi connectivity index (χ4v) is 3.33. The summed E-state index contributed by atoms with van der Waals surface area (Å²) in [6.45, 7) is 0.435. The molecule has 3 aromatic rings. The van der Waals surface area contributed by atoms with Crippen molar-refractivity contribution in [2.75, 3.05) is 7.11 Å². The molecule has 3 aromatic carbocycles. The molecule has 0 amide bonds. The van der Waals surface area contributed by atoms with E-state index in [1.165, 1.54) is 0 Å². The van der Waals surface area contributed by atoms with Crippen LogP contribution in [0.4, 0.5) is 0 Å². The number of methoxy groups -OCH3 is 1. The molecule has 150 valence electrons. The summed E-state index contributed by atoms with van der Waals surface area (Å²) in [4.78, 5) is 12.6. The van der Waals surface area contributed by atoms with Crippen LogP contribution in [0, 0.1) is 0 Å². The molecule has 4 rings (SSSR count). The number of carbonyl (C=O) groups is 1. The molecule has 1 heterocycles. The first-order valence-corrected chi connectivity index (χ1v) is 10.2. The van der Waals surface area contributed by atoms with Gasteiger partial charge in [0, 0.05) is 16.1 Å². The number of rotatable bonds is 6. The number of ether oxygens (including phenoxy) is 3. The van der Waals surface area contributed by atoms with Gasteiger partial charge in [0.2, 0.25) is 5.78 Å². The van der Waals surface area contributed by atoms with Gasteiger partial charge in [0.25, 0.3) is 0 Å². The fraction of sp³-hybridized carbons (Fsp3) is 0.0800. The molecular formula is C25H19BrO4. The molecule has 0 bridgehead atoms. The Kier molecular flexibility index (Phi) is 6.00. The van der Waals surface area contributed by atoms with Gasteiger partial charge in [-0.1, -0.05) is 58.4 Å². The molecule has 1 aliphatic heterocycles. The van der Waals surface area contributed by atoms with E-state index in [0.29, 0.717) is 23.7 Å². The largest absolute Gasteiger partial charge is 0.496 e. The molecule has 0 aliphatic carbocycles. The molecule has 1 aliphatic rings. The minimum Gasteiger partial charge on any atom is -0.496 e. The third kappa shape index (κ3) is 4.47. The molecule has 0 aromatic heterocycles. The maximum absolute atomic E-state index is 12.6. The van der Waals surface area contributed by atoms with Crippen molar-refractivity contribution < 1.29 is 19.0 Å². The second kappa shape index (κ2) is 9.01. The first kappa shape index (κ1) is 20.0. The smallest absolute Gasteiger partial charge is 0.231 e. The SMILES string of the molecule is COc1ccccc1C=CC=C1Oc2cc(OCc3ccc(Br)cc3)ccc2C1=O. The maximum Gasteiger partial charge on any atom is 0.231 e. The number of benzene rings is 3. The topological polar surface area (TPSA) is 44.8 Å². The fourth-order valence-electron chi connectivity index (χ4n) is 3.06. The van der Waals surface area contributed by atoms with Crippen molar-refractivity contribution in [3.63, 3.8) is 0 Å². The van der Waals surface area contributed by atoms with Crippen LogP contribution in [0.15, 0.2) is 89.1 Å². The lowest BCUT2D eigenvalue weighted by molar-refractivity contribution is 0.101. The predicted octanol–water partition coefficient (Wildman–Crippen LogP) is 6.21. The predicted molar refractivity (Wildman–Crippen MR) is 120 cm³/mol. The van der Waals surface area contributed by atoms with E-state index in [1.54, 1.807) is 37.5 Å². The highest BCUT2D eigenvalue weighted by Gasteiger charge is 2.27. The van der Waals surface area contributed by atoms with Gasteiger partial charge in [-0.3, -0.25) is 4.79 Å². The Hall–Kier alpha value is -3.31. The zero-order valence-electron chi connectivity index (χ0n) is 16.3. The van der Waals surface area contributed by atoms with Crippen LogP contribution in [0.1, 0.15) is 21.5 Å². The van der Waals surface area contributed by atoms with Gasteiger partial charge in [0.15, 0.2) is 5.76 Å². The molecule has 0 saturated carbocycles. The van der Waals surface area contributed by atoms with Crippen LogP contribution in [0.2, 0.25) is 0 Å². The minimum atomic E-state index is -0.144. The van der Waals surface area contributed by atoms with Crippen LogP contribution in [0.3, 0.4) is 0 Å². The van der Waals surface area contributed by atoms with Crippen molar-refractivity contribution in [1.82, 2.24) is 0 Å². The van der Waals surface area contributed by atoms with Crippen LogP contribution in [-0.2, 0) is 6.61 Å². The Morgan fingerprint density at radius 2 is 1.83 bits per heavy atom. The van der Waals surface area contributed by atoms with Crippen LogP contribution in [0.25, 0.3) is 6.08 Å². The number of allylic oxidation sites excluding steroid dienone is 3. The standard InChI is InChI=1S/C25H19BrO4/c1-28-22-7-3-2-5-18(22)6-4-8-23-25(27)21-14-13-20(15-24(21)30-23)29-16-17-9-11-19(26)12-10-17/h2-15H,16H2,1H3. The second-order valence-corrected chi connectivity index (χ2v) is 7.55. The average molecular weight is 463 g/mol. The Morgan fingerprint density at radius 1 is 1.03 bits per heavy atom. The molecule has 0 fully saturated rings. The third-order valence-corrected chi connectivity index (χ3v) is 5.15. The molecule has 30 heavy (non-hydrogen) atoms. The van der Waals surface area contributed by atoms with E-state index in [1.807, 2.05) is 54.6 Å². The van der Waals surface area contributed by atoms with Crippen molar-refractivity contribution in [3.8, 4) is 17.2 Å². The van der Waals surface area contributed by atoms with Crippen LogP contribution < -0.4 is 14.2 Å². The lowest BCUT2D eigenvalue weighted by Gasteiger charge is -2.07. The van der Waals surface area contributed by atoms with Gasteiger partial charge in [0.05, 0.1) is 12.7 Å². The minimum absolute atomic E-state index is 0.144. The van der Waals surface area contributed by atoms with Crippen LogP contribution >= 0.6 is 15.9 Å². The zero-order chi connectivity index (χ0) is 20.9. The lowest BCUT2D eigenvalue weighted by Crippen LogP contribution is -1.97. The first-order valence-electron chi connectivity index (χ1n) is 9.39. The van der Waals surface area contributed by atoms with E-state index >= 15 is 0 Å². The molecule has 0 N–H and O–H groups in total. The first-order chi connectivity index (χ1) is 14.6. The van der Waals surface area contributed by atoms with Gasteiger partial charge in [-0.25, -0.2) is 0 Å². The molecule has 0 radical (unpaired) electrons. The second-order valence-electron chi connectivity index (χ2n) is 6.64. The molecule has 0 unspecified atom stereocenters. The number of hydrogen-bond acceptors (Lipinski definition) is 4. The molecule has 4 nitrogen and oxygen atoms in total. The summed E-state index contributed by atoms with van der Waals surface area (Å²) < 4.78 is 18.0. The monoisotopic (exact) mass is 462 g/mol. The molecule has 0 atom stereocenters. The molecule has 5 heteroatoms. The van der Waals surface area contributed by atoms with E-state index in [4.69, 9.17) is 14.2 Å². The van der Waals surface area contributed by atoms with Crippen molar-refractivity contribution in [2.24, 2.45) is 0 Å². The lowest BCUT2D eigenvalue weighted by atomic mass is 10.1. The van der Waals surface area contributed by atoms with Gasteiger partial charge in [-0.2, -0.15) is 0 Å². The summed E-state index contributed by atoms with van der Waals surface area (Å²) >= 11 is 3.42. The quantitative estimate of drug-likeness (QED) is 0.408. The Morgan fingerprint density at radius 3 is 2.63 bits per heavy atom. The molecule has 0 spiro atoms. The third-order valence-electron chi connectivity index (χ3n) is 4.62. The summed E-state index contributed by atoms with van der Waals surface area (Å²) in [5.41, 5.74) is 2.50. The number of para-hydroxylation sites is 1. The Balaban J connectivity index is 1.45. The maximum atomic E-state index is 12.6. The molecular weight excluding hydrogens is 444 g/mol. The van der Waals surface area contributed by atoms with Gasteiger partial charge >= 0.3 is 0 Å². The van der Waals surface area contributed by atoms with Gasteiger partial charge in [-0.05, 0) is 42.0 Å². The highest BCUT2D eigenvalue weighted by molar-refractivity contribution is 9.10. The Labute approximate surface area is 183 Å². The number of ketones is 1. The van der Waals surface area contributed by atoms with Gasteiger partial charge in [-0.15, -0.1) is 0 Å². The molecule has 0 saturated heterocycles. The van der Waals surface area contributed by atoms with Crippen LogP contribution in [0.5, 0.6) is 17.2 Å². The number of hydrogen-bond donors (Lipinski definition) is 0. The van der Waals surface area contributed by atoms with E-state index in [9.17, 15) is 4.79 Å². The van der Waals surface area contributed by atoms with Crippen molar-refractivity contribution in [2.45, 2.75) is 6.61 Å².